The molecule has 3 amide bonds. The number of anilines is 3. The van der Waals surface area contributed by atoms with Gasteiger partial charge in [-0.05, 0) is 91.3 Å². The highest BCUT2D eigenvalue weighted by molar-refractivity contribution is 6.33. The Morgan fingerprint density at radius 1 is 0.581 bits per heavy atom. The third kappa shape index (κ3) is 14.7. The van der Waals surface area contributed by atoms with E-state index in [0.29, 0.717) is 138 Å². The fourth-order valence-electron chi connectivity index (χ4n) is 10.7. The van der Waals surface area contributed by atoms with Crippen molar-refractivity contribution in [3.63, 3.8) is 0 Å². The summed E-state index contributed by atoms with van der Waals surface area (Å²) in [6.07, 6.45) is 15.7. The minimum absolute atomic E-state index is 0.0711. The average Bonchev–Trinajstić information content (AvgIpc) is 1.98. The van der Waals surface area contributed by atoms with Crippen molar-refractivity contribution in [1.29, 1.82) is 0 Å². The van der Waals surface area contributed by atoms with Gasteiger partial charge in [0.1, 0.15) is 34.8 Å². The maximum Gasteiger partial charge on any atom is 0.329 e. The van der Waals surface area contributed by atoms with Gasteiger partial charge in [0.25, 0.3) is 17.7 Å². The van der Waals surface area contributed by atoms with Crippen LogP contribution >= 0.6 is 34.8 Å². The first-order chi connectivity index (χ1) is 41.3. The van der Waals surface area contributed by atoms with Crippen molar-refractivity contribution in [2.24, 2.45) is 0 Å². The van der Waals surface area contributed by atoms with E-state index in [9.17, 15) is 29.1 Å². The number of carbonyl (C=O) groups excluding carboxylic acids is 4. The number of hydrogen-bond acceptors (Lipinski definition) is 18. The topological polar surface area (TPSA) is 289 Å². The summed E-state index contributed by atoms with van der Waals surface area (Å²) in [5.74, 6) is -0.530. The van der Waals surface area contributed by atoms with Crippen molar-refractivity contribution >= 4 is 82.3 Å². The first-order valence-corrected chi connectivity index (χ1v) is 30.0. The number of nitrogens with one attached hydrogen (secondary N) is 4. The maximum atomic E-state index is 13.2. The van der Waals surface area contributed by atoms with E-state index < -0.39 is 29.6 Å². The lowest BCUT2D eigenvalue weighted by atomic mass is 10.1. The van der Waals surface area contributed by atoms with E-state index in [1.165, 1.54) is 11.8 Å². The molecule has 3 saturated heterocycles. The molecule has 0 saturated carbocycles. The Hall–Kier alpha value is -7.42. The van der Waals surface area contributed by atoms with Crippen LogP contribution in [0.4, 0.5) is 17.8 Å². The number of esters is 1. The number of ether oxygens (including phenoxy) is 4. The summed E-state index contributed by atoms with van der Waals surface area (Å²) in [6.45, 7) is 16.2. The predicted octanol–water partition coefficient (Wildman–Crippen LogP) is 7.43. The monoisotopic (exact) mass is 1240 g/mol. The zero-order valence-electron chi connectivity index (χ0n) is 48.5. The summed E-state index contributed by atoms with van der Waals surface area (Å²) in [5.41, 5.74) is 4.90. The maximum absolute atomic E-state index is 13.2. The lowest BCUT2D eigenvalue weighted by Gasteiger charge is -2.33. The molecule has 2 unspecified atom stereocenters. The molecule has 3 fully saturated rings. The first kappa shape index (κ1) is 61.7. The van der Waals surface area contributed by atoms with Gasteiger partial charge >= 0.3 is 11.9 Å². The molecule has 86 heavy (non-hydrogen) atoms. The number of carboxylic acids is 1. The molecule has 6 aliphatic rings. The van der Waals surface area contributed by atoms with Gasteiger partial charge in [-0.1, -0.05) is 34.8 Å². The molecular weight excluding hydrogens is 1170 g/mol. The highest BCUT2D eigenvalue weighted by Crippen LogP contribution is 2.34. The highest BCUT2D eigenvalue weighted by atomic mass is 35.5. The standard InChI is InChI=1S/C23H30ClN5O4.C19H22ClN5O4.C16H18ClN5O2/c1-14(21(31)33-23(2,3)4)29-8-7-28-13-15(11-18(28)20(29)30)19-17(24)12-25-22(27-19)26-16-5-9-32-10-6-16;1-11(18(27)28)25-5-4-24-10-12(8-15(24)17(25)26)16-14(20)9-21-19(23-16)22-13-2-6-29-7-3-13;17-12-8-19-16(20-11-1-5-24-6-2-11)21-14(12)10-7-13-15(23)18-3-4-22(13)9-10/h11-14,16H,5-10H2,1-4H3,(H,25,26,27);8-11,13H,2-7H2,1H3,(H,27,28)(H,21,22,23);7-9,11H,1-6H2,(H,18,23)(H,19,20,21). The molecule has 6 aromatic rings. The van der Waals surface area contributed by atoms with Gasteiger partial charge in [0.2, 0.25) is 17.8 Å². The molecular formula is C58H70Cl3N15O10. The molecule has 28 heteroatoms. The van der Waals surface area contributed by atoms with E-state index in [4.69, 9.17) is 53.8 Å². The van der Waals surface area contributed by atoms with Gasteiger partial charge in [0.05, 0.1) is 50.7 Å². The number of aromatic nitrogens is 9. The number of nitrogens with zero attached hydrogens (tertiary/aromatic N) is 11. The fourth-order valence-corrected chi connectivity index (χ4v) is 11.3. The number of hydrogen-bond donors (Lipinski definition) is 5. The van der Waals surface area contributed by atoms with Crippen LogP contribution in [0.25, 0.3) is 33.8 Å². The highest BCUT2D eigenvalue weighted by Gasteiger charge is 2.36. The lowest BCUT2D eigenvalue weighted by Crippen LogP contribution is -2.49. The Balaban J connectivity index is 0.000000145. The van der Waals surface area contributed by atoms with Crippen molar-refractivity contribution in [2.75, 3.05) is 75.2 Å². The van der Waals surface area contributed by atoms with Crippen molar-refractivity contribution in [3.8, 4) is 33.8 Å². The van der Waals surface area contributed by atoms with Crippen LogP contribution in [-0.4, -0.2) is 183 Å². The van der Waals surface area contributed by atoms with E-state index in [-0.39, 0.29) is 29.8 Å². The van der Waals surface area contributed by atoms with E-state index in [0.717, 1.165) is 69.4 Å². The summed E-state index contributed by atoms with van der Waals surface area (Å²) < 4.78 is 27.2. The SMILES string of the molecule is CC(C(=O)O)N1CCn2cc(-c3nc(NC4CCOCC4)ncc3Cl)cc2C1=O.CC(C(=O)OC(C)(C)C)N1CCn2cc(-c3nc(NC4CCOCC4)ncc3Cl)cc2C1=O.O=C1NCCn2cc(-c3nc(NC4CCOCC4)ncc3Cl)cc21. The third-order valence-corrected chi connectivity index (χ3v) is 16.3. The molecule has 0 aliphatic carbocycles. The van der Waals surface area contributed by atoms with Gasteiger partial charge in [-0.3, -0.25) is 14.4 Å². The molecule has 12 heterocycles. The van der Waals surface area contributed by atoms with Gasteiger partial charge in [-0.25, -0.2) is 39.5 Å². The van der Waals surface area contributed by atoms with Gasteiger partial charge < -0.3 is 68.8 Å². The number of aliphatic carboxylic acids is 1. The number of rotatable bonds is 13. The Morgan fingerprint density at radius 2 is 0.942 bits per heavy atom. The molecule has 6 aromatic heterocycles. The van der Waals surface area contributed by atoms with Crippen molar-refractivity contribution in [2.45, 2.75) is 129 Å². The Bertz CT molecular complexity index is 3460. The second-order valence-corrected chi connectivity index (χ2v) is 23.9. The van der Waals surface area contributed by atoms with Crippen LogP contribution in [0.2, 0.25) is 15.1 Å². The third-order valence-electron chi connectivity index (χ3n) is 15.4. The summed E-state index contributed by atoms with van der Waals surface area (Å²) in [6, 6.07) is 4.53. The van der Waals surface area contributed by atoms with E-state index >= 15 is 0 Å². The molecule has 12 rings (SSSR count). The van der Waals surface area contributed by atoms with Crippen LogP contribution in [0.1, 0.15) is 105 Å². The van der Waals surface area contributed by atoms with Crippen molar-refractivity contribution < 1.29 is 48.0 Å². The molecule has 6 aliphatic heterocycles. The van der Waals surface area contributed by atoms with Crippen molar-refractivity contribution in [3.05, 3.63) is 87.5 Å². The molecule has 25 nitrogen and oxygen atoms in total. The minimum atomic E-state index is -1.03. The molecule has 5 N–H and O–H groups in total. The molecule has 0 aromatic carbocycles. The number of carbonyl (C=O) groups is 5. The molecule has 0 bridgehead atoms. The normalized spacial score (nSPS) is 18.2. The zero-order chi connectivity index (χ0) is 60.8. The molecule has 2 atom stereocenters. The number of fused-ring (bicyclic) bond motifs is 3. The van der Waals surface area contributed by atoms with Gasteiger partial charge in [0, 0.05) is 132 Å². The average molecular weight is 1240 g/mol. The molecule has 458 valence electrons. The van der Waals surface area contributed by atoms with Crippen LogP contribution in [0, 0.1) is 0 Å². The molecule has 0 spiro atoms. The number of carboxylic acid groups (broad SMARTS) is 1. The summed E-state index contributed by atoms with van der Waals surface area (Å²) >= 11 is 19.0. The second kappa shape index (κ2) is 27.1. The van der Waals surface area contributed by atoms with E-state index in [1.807, 2.05) is 59.1 Å². The quantitative estimate of drug-likeness (QED) is 0.0703. The largest absolute Gasteiger partial charge is 0.480 e. The van der Waals surface area contributed by atoms with E-state index in [1.54, 1.807) is 42.5 Å². The summed E-state index contributed by atoms with van der Waals surface area (Å²) in [7, 11) is 0. The Kier molecular flexibility index (Phi) is 19.4. The zero-order valence-corrected chi connectivity index (χ0v) is 50.8. The van der Waals surface area contributed by atoms with Crippen molar-refractivity contribution in [1.82, 2.24) is 58.7 Å². The second-order valence-electron chi connectivity index (χ2n) is 22.7. The number of amides is 3. The Labute approximate surface area is 511 Å². The lowest BCUT2D eigenvalue weighted by molar-refractivity contribution is -0.160. The van der Waals surface area contributed by atoms with Gasteiger partial charge in [-0.2, -0.15) is 0 Å². The minimum Gasteiger partial charge on any atom is -0.480 e. The first-order valence-electron chi connectivity index (χ1n) is 28.8. The summed E-state index contributed by atoms with van der Waals surface area (Å²) in [5, 5.41) is 23.3. The smallest absolute Gasteiger partial charge is 0.329 e. The number of halogens is 3. The predicted molar refractivity (Wildman–Crippen MR) is 321 cm³/mol. The van der Waals surface area contributed by atoms with Crippen LogP contribution in [0.5, 0.6) is 0 Å². The van der Waals surface area contributed by atoms with Gasteiger partial charge in [0.15, 0.2) is 0 Å². The summed E-state index contributed by atoms with van der Waals surface area (Å²) in [4.78, 5) is 91.2. The van der Waals surface area contributed by atoms with Gasteiger partial charge in [-0.15, -0.1) is 0 Å². The molecule has 0 radical (unpaired) electrons. The van der Waals surface area contributed by atoms with Crippen LogP contribution in [-0.2, 0) is 48.2 Å². The van der Waals surface area contributed by atoms with Crippen LogP contribution < -0.4 is 21.3 Å². The van der Waals surface area contributed by atoms with E-state index in [2.05, 4.69) is 51.2 Å². The van der Waals surface area contributed by atoms with Crippen LogP contribution in [0.3, 0.4) is 0 Å². The van der Waals surface area contributed by atoms with Crippen LogP contribution in [0.15, 0.2) is 55.4 Å². The fraction of sp³-hybridized carbons (Fsp3) is 0.500. The Morgan fingerprint density at radius 3 is 1.30 bits per heavy atom.